The first-order valence-electron chi connectivity index (χ1n) is 7.38. The van der Waals surface area contributed by atoms with Gasteiger partial charge in [0.1, 0.15) is 0 Å². The van der Waals surface area contributed by atoms with Crippen LogP contribution >= 0.6 is 0 Å². The fourth-order valence-electron chi connectivity index (χ4n) is 2.63. The fourth-order valence-corrected chi connectivity index (χ4v) is 2.63. The van der Waals surface area contributed by atoms with Crippen LogP contribution in [0, 0.1) is 0 Å². The smallest absolute Gasteiger partial charge is 0.239 e. The normalized spacial score (nSPS) is 16.8. The van der Waals surface area contributed by atoms with Gasteiger partial charge in [0.2, 0.25) is 11.8 Å². The second kappa shape index (κ2) is 6.61. The highest BCUT2D eigenvalue weighted by Crippen LogP contribution is 2.31. The summed E-state index contributed by atoms with van der Waals surface area (Å²) in [6.45, 7) is 6.21. The highest BCUT2D eigenvalue weighted by atomic mass is 16.2. The van der Waals surface area contributed by atoms with Gasteiger partial charge in [-0.15, -0.1) is 0 Å². The van der Waals surface area contributed by atoms with Crippen LogP contribution in [0.2, 0.25) is 0 Å². The Morgan fingerprint density at radius 2 is 2.00 bits per heavy atom. The van der Waals surface area contributed by atoms with Crippen LogP contribution in [0.3, 0.4) is 0 Å². The third-order valence-corrected chi connectivity index (χ3v) is 3.56. The van der Waals surface area contributed by atoms with E-state index in [-0.39, 0.29) is 30.9 Å². The van der Waals surface area contributed by atoms with Gasteiger partial charge in [-0.25, -0.2) is 0 Å². The zero-order valence-electron chi connectivity index (χ0n) is 12.8. The zero-order chi connectivity index (χ0) is 15.4. The number of nitrogens with one attached hydrogen (secondary N) is 2. The van der Waals surface area contributed by atoms with Gasteiger partial charge in [0.25, 0.3) is 0 Å². The quantitative estimate of drug-likeness (QED) is 0.852. The molecule has 0 spiro atoms. The molecule has 0 aromatic heterocycles. The zero-order valence-corrected chi connectivity index (χ0v) is 12.8. The molecule has 5 nitrogen and oxygen atoms in total. The molecule has 1 atom stereocenters. The lowest BCUT2D eigenvalue weighted by molar-refractivity contribution is -0.125. The summed E-state index contributed by atoms with van der Waals surface area (Å²) in [5, 5.41) is 5.42. The van der Waals surface area contributed by atoms with Crippen LogP contribution in [0.4, 0.5) is 5.69 Å². The SMILES string of the molecule is CC(C)NC(=O)CNC(=O)CN1c2ccccc2C[C@H]1C. The van der Waals surface area contributed by atoms with Crippen molar-refractivity contribution in [2.24, 2.45) is 0 Å². The molecule has 0 unspecified atom stereocenters. The lowest BCUT2D eigenvalue weighted by Gasteiger charge is -2.24. The van der Waals surface area contributed by atoms with Crippen LogP contribution in [-0.2, 0) is 16.0 Å². The van der Waals surface area contributed by atoms with E-state index in [0.717, 1.165) is 12.1 Å². The predicted molar refractivity (Wildman–Crippen MR) is 83.2 cm³/mol. The molecule has 2 N–H and O–H groups in total. The van der Waals surface area contributed by atoms with Crippen LogP contribution in [-0.4, -0.2) is 37.0 Å². The van der Waals surface area contributed by atoms with E-state index >= 15 is 0 Å². The number of hydrogen-bond acceptors (Lipinski definition) is 3. The van der Waals surface area contributed by atoms with Crippen molar-refractivity contribution in [3.8, 4) is 0 Å². The Hall–Kier alpha value is -2.04. The predicted octanol–water partition coefficient (Wildman–Crippen LogP) is 1.08. The Morgan fingerprint density at radius 1 is 1.29 bits per heavy atom. The Kier molecular flexibility index (Phi) is 4.83. The highest BCUT2D eigenvalue weighted by Gasteiger charge is 2.26. The van der Waals surface area contributed by atoms with Gasteiger partial charge in [-0.1, -0.05) is 18.2 Å². The van der Waals surface area contributed by atoms with Crippen LogP contribution < -0.4 is 15.5 Å². The number of carbonyl (C=O) groups excluding carboxylic acids is 2. The molecule has 1 heterocycles. The van der Waals surface area contributed by atoms with Gasteiger partial charge >= 0.3 is 0 Å². The Morgan fingerprint density at radius 3 is 2.71 bits per heavy atom. The third-order valence-electron chi connectivity index (χ3n) is 3.56. The number of nitrogens with zero attached hydrogens (tertiary/aromatic N) is 1. The molecule has 21 heavy (non-hydrogen) atoms. The maximum absolute atomic E-state index is 12.0. The summed E-state index contributed by atoms with van der Waals surface area (Å²) >= 11 is 0. The monoisotopic (exact) mass is 289 g/mol. The van der Waals surface area contributed by atoms with Crippen molar-refractivity contribution < 1.29 is 9.59 Å². The largest absolute Gasteiger partial charge is 0.359 e. The fraction of sp³-hybridized carbons (Fsp3) is 0.500. The molecular weight excluding hydrogens is 266 g/mol. The van der Waals surface area contributed by atoms with Crippen molar-refractivity contribution in [3.05, 3.63) is 29.8 Å². The molecule has 0 radical (unpaired) electrons. The molecule has 2 rings (SSSR count). The summed E-state index contributed by atoms with van der Waals surface area (Å²) < 4.78 is 0. The van der Waals surface area contributed by atoms with Gasteiger partial charge in [0.15, 0.2) is 0 Å². The molecule has 5 heteroatoms. The van der Waals surface area contributed by atoms with Gasteiger partial charge in [-0.05, 0) is 38.8 Å². The number of para-hydroxylation sites is 1. The van der Waals surface area contributed by atoms with Crippen molar-refractivity contribution in [1.82, 2.24) is 10.6 Å². The van der Waals surface area contributed by atoms with Crippen molar-refractivity contribution in [2.75, 3.05) is 18.0 Å². The topological polar surface area (TPSA) is 61.4 Å². The molecule has 1 aromatic rings. The van der Waals surface area contributed by atoms with E-state index in [9.17, 15) is 9.59 Å². The number of rotatable bonds is 5. The van der Waals surface area contributed by atoms with Crippen LogP contribution in [0.15, 0.2) is 24.3 Å². The average Bonchev–Trinajstić information content (AvgIpc) is 2.72. The van der Waals surface area contributed by atoms with Gasteiger partial charge in [0.05, 0.1) is 13.1 Å². The average molecular weight is 289 g/mol. The minimum Gasteiger partial charge on any atom is -0.359 e. The van der Waals surface area contributed by atoms with E-state index in [2.05, 4.69) is 28.5 Å². The number of amides is 2. The standard InChI is InChI=1S/C16H23N3O2/c1-11(2)18-15(20)9-17-16(21)10-19-12(3)8-13-6-4-5-7-14(13)19/h4-7,11-12H,8-10H2,1-3H3,(H,17,21)(H,18,20)/t12-/m1/s1. The maximum atomic E-state index is 12.0. The summed E-state index contributed by atoms with van der Waals surface area (Å²) in [4.78, 5) is 25.6. The molecule has 1 aliphatic heterocycles. The molecule has 2 amide bonds. The summed E-state index contributed by atoms with van der Waals surface area (Å²) in [6.07, 6.45) is 0.956. The van der Waals surface area contributed by atoms with Crippen molar-refractivity contribution >= 4 is 17.5 Å². The molecule has 0 fully saturated rings. The minimum atomic E-state index is -0.159. The van der Waals surface area contributed by atoms with E-state index in [0.29, 0.717) is 6.04 Å². The lowest BCUT2D eigenvalue weighted by Crippen LogP contribution is -2.44. The number of benzene rings is 1. The van der Waals surface area contributed by atoms with E-state index in [1.54, 1.807) is 0 Å². The van der Waals surface area contributed by atoms with Crippen LogP contribution in [0.1, 0.15) is 26.3 Å². The summed E-state index contributed by atoms with van der Waals surface area (Å²) in [7, 11) is 0. The second-order valence-corrected chi connectivity index (χ2v) is 5.81. The molecular formula is C16H23N3O2. The molecule has 1 aliphatic rings. The van der Waals surface area contributed by atoms with E-state index in [1.807, 2.05) is 32.0 Å². The summed E-state index contributed by atoms with van der Waals surface area (Å²) in [6, 6.07) is 8.53. The number of fused-ring (bicyclic) bond motifs is 1. The third kappa shape index (κ3) is 3.97. The van der Waals surface area contributed by atoms with Crippen molar-refractivity contribution in [1.29, 1.82) is 0 Å². The highest BCUT2D eigenvalue weighted by molar-refractivity contribution is 5.87. The first-order chi connectivity index (χ1) is 9.97. The van der Waals surface area contributed by atoms with Crippen molar-refractivity contribution in [3.63, 3.8) is 0 Å². The second-order valence-electron chi connectivity index (χ2n) is 5.81. The van der Waals surface area contributed by atoms with Gasteiger partial charge in [0, 0.05) is 17.8 Å². The molecule has 0 aliphatic carbocycles. The summed E-state index contributed by atoms with van der Waals surface area (Å²) in [5.74, 6) is -0.286. The number of hydrogen-bond donors (Lipinski definition) is 2. The maximum Gasteiger partial charge on any atom is 0.239 e. The summed E-state index contributed by atoms with van der Waals surface area (Å²) in [5.41, 5.74) is 2.39. The van der Waals surface area contributed by atoms with Gasteiger partial charge in [-0.2, -0.15) is 0 Å². The Balaban J connectivity index is 1.87. The Bertz CT molecular complexity index is 528. The first kappa shape index (κ1) is 15.4. The van der Waals surface area contributed by atoms with E-state index < -0.39 is 0 Å². The first-order valence-corrected chi connectivity index (χ1v) is 7.38. The van der Waals surface area contributed by atoms with E-state index in [1.165, 1.54) is 5.56 Å². The number of anilines is 1. The number of carbonyl (C=O) groups is 2. The molecule has 0 saturated carbocycles. The molecule has 1 aromatic carbocycles. The van der Waals surface area contributed by atoms with E-state index in [4.69, 9.17) is 0 Å². The van der Waals surface area contributed by atoms with Gasteiger partial charge in [-0.3, -0.25) is 9.59 Å². The van der Waals surface area contributed by atoms with Crippen molar-refractivity contribution in [2.45, 2.75) is 39.3 Å². The minimum absolute atomic E-state index is 0.0287. The molecule has 0 saturated heterocycles. The van der Waals surface area contributed by atoms with Gasteiger partial charge < -0.3 is 15.5 Å². The van der Waals surface area contributed by atoms with Crippen LogP contribution in [0.25, 0.3) is 0 Å². The molecule has 0 bridgehead atoms. The molecule has 114 valence electrons. The lowest BCUT2D eigenvalue weighted by atomic mass is 10.1. The van der Waals surface area contributed by atoms with Crippen LogP contribution in [0.5, 0.6) is 0 Å². The Labute approximate surface area is 125 Å².